The molecule has 0 fully saturated rings. The molecule has 0 bridgehead atoms. The van der Waals surface area contributed by atoms with Crippen molar-refractivity contribution in [3.05, 3.63) is 89.0 Å². The number of hydrogen-bond acceptors (Lipinski definition) is 3. The van der Waals surface area contributed by atoms with Crippen LogP contribution in [-0.4, -0.2) is 18.4 Å². The van der Waals surface area contributed by atoms with Crippen molar-refractivity contribution in [3.8, 4) is 5.75 Å². The zero-order valence-electron chi connectivity index (χ0n) is 18.2. The summed E-state index contributed by atoms with van der Waals surface area (Å²) in [5.74, 6) is 0.0741. The second kappa shape index (κ2) is 10.4. The number of para-hydroxylation sites is 1. The molecule has 3 aromatic rings. The predicted molar refractivity (Wildman–Crippen MR) is 125 cm³/mol. The van der Waals surface area contributed by atoms with Crippen LogP contribution in [-0.2, 0) is 0 Å². The number of ether oxygens (including phenoxy) is 1. The number of carbonyl (C=O) groups excluding carboxylic acids is 2. The Morgan fingerprint density at radius 3 is 2.42 bits per heavy atom. The maximum absolute atomic E-state index is 12.9. The summed E-state index contributed by atoms with van der Waals surface area (Å²) < 4.78 is 5.69. The Hall–Kier alpha value is -3.60. The summed E-state index contributed by atoms with van der Waals surface area (Å²) in [4.78, 5) is 25.7. The summed E-state index contributed by atoms with van der Waals surface area (Å²) in [6.07, 6.45) is 2.00. The van der Waals surface area contributed by atoms with Crippen LogP contribution in [0.3, 0.4) is 0 Å². The van der Waals surface area contributed by atoms with Gasteiger partial charge in [-0.15, -0.1) is 0 Å². The number of aryl methyl sites for hydroxylation is 2. The molecule has 2 N–H and O–H groups in total. The second-order valence-electron chi connectivity index (χ2n) is 7.48. The number of amides is 2. The quantitative estimate of drug-likeness (QED) is 0.443. The molecule has 3 aromatic carbocycles. The molecule has 0 aliphatic heterocycles. The summed E-state index contributed by atoms with van der Waals surface area (Å²) in [5.41, 5.74) is 4.28. The maximum Gasteiger partial charge on any atom is 0.257 e. The van der Waals surface area contributed by atoms with Crippen LogP contribution in [0.4, 0.5) is 11.4 Å². The highest BCUT2D eigenvalue weighted by molar-refractivity contribution is 6.12. The summed E-state index contributed by atoms with van der Waals surface area (Å²) in [5, 5.41) is 5.76. The van der Waals surface area contributed by atoms with Gasteiger partial charge in [-0.3, -0.25) is 9.59 Å². The van der Waals surface area contributed by atoms with Gasteiger partial charge in [-0.05, 0) is 73.9 Å². The zero-order valence-corrected chi connectivity index (χ0v) is 18.2. The molecule has 0 aliphatic rings. The van der Waals surface area contributed by atoms with E-state index >= 15 is 0 Å². The smallest absolute Gasteiger partial charge is 0.257 e. The van der Waals surface area contributed by atoms with E-state index in [-0.39, 0.29) is 11.8 Å². The average molecular weight is 417 g/mol. The van der Waals surface area contributed by atoms with Crippen LogP contribution in [0.2, 0.25) is 0 Å². The number of hydrogen-bond donors (Lipinski definition) is 2. The fourth-order valence-electron chi connectivity index (χ4n) is 3.06. The van der Waals surface area contributed by atoms with Gasteiger partial charge in [0.1, 0.15) is 5.75 Å². The molecule has 0 heterocycles. The lowest BCUT2D eigenvalue weighted by Crippen LogP contribution is -2.18. The standard InChI is InChI=1S/C26H28N2O3/c1-4-5-15-31-22-10-8-9-20(17-22)25(29)28-24-12-7-6-11-23(24)26(30)27-21-14-13-18(2)19(3)16-21/h6-14,16-17H,4-5,15H2,1-3H3,(H,27,30)(H,28,29). The highest BCUT2D eigenvalue weighted by Crippen LogP contribution is 2.21. The molecular formula is C26H28N2O3. The third-order valence-corrected chi connectivity index (χ3v) is 5.05. The minimum atomic E-state index is -0.299. The van der Waals surface area contributed by atoms with Gasteiger partial charge in [0.15, 0.2) is 0 Å². The molecule has 2 amide bonds. The van der Waals surface area contributed by atoms with Crippen LogP contribution >= 0.6 is 0 Å². The molecule has 0 saturated carbocycles. The normalized spacial score (nSPS) is 10.4. The van der Waals surface area contributed by atoms with Crippen LogP contribution in [0.15, 0.2) is 66.7 Å². The highest BCUT2D eigenvalue weighted by Gasteiger charge is 2.15. The molecule has 5 heteroatoms. The molecule has 0 aliphatic carbocycles. The SMILES string of the molecule is CCCCOc1cccc(C(=O)Nc2ccccc2C(=O)Nc2ccc(C)c(C)c2)c1. The topological polar surface area (TPSA) is 67.4 Å². The largest absolute Gasteiger partial charge is 0.494 e. The molecule has 3 rings (SSSR count). The van der Waals surface area contributed by atoms with E-state index in [1.165, 1.54) is 0 Å². The highest BCUT2D eigenvalue weighted by atomic mass is 16.5. The van der Waals surface area contributed by atoms with Crippen LogP contribution in [0.1, 0.15) is 51.6 Å². The van der Waals surface area contributed by atoms with Crippen molar-refractivity contribution in [1.29, 1.82) is 0 Å². The van der Waals surface area contributed by atoms with Crippen LogP contribution in [0.25, 0.3) is 0 Å². The average Bonchev–Trinajstić information content (AvgIpc) is 2.77. The number of unbranched alkanes of at least 4 members (excludes halogenated alkanes) is 1. The molecule has 160 valence electrons. The number of nitrogens with one attached hydrogen (secondary N) is 2. The van der Waals surface area contributed by atoms with Crippen molar-refractivity contribution in [1.82, 2.24) is 0 Å². The number of anilines is 2. The number of carbonyl (C=O) groups is 2. The first kappa shape index (κ1) is 22.1. The Morgan fingerprint density at radius 2 is 1.65 bits per heavy atom. The fraction of sp³-hybridized carbons (Fsp3) is 0.231. The van der Waals surface area contributed by atoms with E-state index in [2.05, 4.69) is 17.6 Å². The first-order valence-electron chi connectivity index (χ1n) is 10.5. The Bertz CT molecular complexity index is 1080. The number of benzene rings is 3. The maximum atomic E-state index is 12.9. The van der Waals surface area contributed by atoms with E-state index in [4.69, 9.17) is 4.74 Å². The fourth-order valence-corrected chi connectivity index (χ4v) is 3.06. The Labute approximate surface area is 183 Å². The van der Waals surface area contributed by atoms with Crippen molar-refractivity contribution in [2.75, 3.05) is 17.2 Å². The minimum Gasteiger partial charge on any atom is -0.494 e. The lowest BCUT2D eigenvalue weighted by Gasteiger charge is -2.13. The molecule has 0 aromatic heterocycles. The van der Waals surface area contributed by atoms with E-state index in [0.29, 0.717) is 34.9 Å². The Kier molecular flexibility index (Phi) is 7.44. The second-order valence-corrected chi connectivity index (χ2v) is 7.48. The van der Waals surface area contributed by atoms with Gasteiger partial charge < -0.3 is 15.4 Å². The van der Waals surface area contributed by atoms with Gasteiger partial charge in [-0.25, -0.2) is 0 Å². The van der Waals surface area contributed by atoms with Crippen LogP contribution in [0.5, 0.6) is 5.75 Å². The van der Waals surface area contributed by atoms with Crippen LogP contribution < -0.4 is 15.4 Å². The third-order valence-electron chi connectivity index (χ3n) is 5.05. The van der Waals surface area contributed by atoms with Gasteiger partial charge in [0.05, 0.1) is 17.9 Å². The molecule has 0 radical (unpaired) electrons. The summed E-state index contributed by atoms with van der Waals surface area (Å²) in [7, 11) is 0. The monoisotopic (exact) mass is 416 g/mol. The molecular weight excluding hydrogens is 388 g/mol. The molecule has 0 atom stereocenters. The predicted octanol–water partition coefficient (Wildman–Crippen LogP) is 5.99. The van der Waals surface area contributed by atoms with Gasteiger partial charge in [0, 0.05) is 11.3 Å². The summed E-state index contributed by atoms with van der Waals surface area (Å²) >= 11 is 0. The van der Waals surface area contributed by atoms with E-state index in [1.54, 1.807) is 42.5 Å². The van der Waals surface area contributed by atoms with Gasteiger partial charge in [-0.1, -0.05) is 37.6 Å². The third kappa shape index (κ3) is 5.95. The molecule has 5 nitrogen and oxygen atoms in total. The molecule has 0 unspecified atom stereocenters. The van der Waals surface area contributed by atoms with Crippen molar-refractivity contribution < 1.29 is 14.3 Å². The van der Waals surface area contributed by atoms with Gasteiger partial charge in [0.25, 0.3) is 11.8 Å². The number of rotatable bonds is 8. The summed E-state index contributed by atoms with van der Waals surface area (Å²) in [6.45, 7) is 6.73. The van der Waals surface area contributed by atoms with E-state index < -0.39 is 0 Å². The lowest BCUT2D eigenvalue weighted by atomic mass is 10.1. The van der Waals surface area contributed by atoms with Gasteiger partial charge >= 0.3 is 0 Å². The van der Waals surface area contributed by atoms with Gasteiger partial charge in [0.2, 0.25) is 0 Å². The molecule has 31 heavy (non-hydrogen) atoms. The van der Waals surface area contributed by atoms with Crippen molar-refractivity contribution in [3.63, 3.8) is 0 Å². The molecule has 0 spiro atoms. The first-order chi connectivity index (χ1) is 15.0. The molecule has 0 saturated heterocycles. The van der Waals surface area contributed by atoms with Gasteiger partial charge in [-0.2, -0.15) is 0 Å². The van der Waals surface area contributed by atoms with Crippen molar-refractivity contribution in [2.24, 2.45) is 0 Å². The van der Waals surface area contributed by atoms with E-state index in [9.17, 15) is 9.59 Å². The van der Waals surface area contributed by atoms with E-state index in [0.717, 1.165) is 24.0 Å². The first-order valence-corrected chi connectivity index (χ1v) is 10.5. The minimum absolute atomic E-state index is 0.282. The van der Waals surface area contributed by atoms with Crippen LogP contribution in [0, 0.1) is 13.8 Å². The van der Waals surface area contributed by atoms with Crippen molar-refractivity contribution >= 4 is 23.2 Å². The summed E-state index contributed by atoms with van der Waals surface area (Å²) in [6, 6.07) is 19.8. The Morgan fingerprint density at radius 1 is 0.839 bits per heavy atom. The Balaban J connectivity index is 1.74. The van der Waals surface area contributed by atoms with Crippen molar-refractivity contribution in [2.45, 2.75) is 33.6 Å². The zero-order chi connectivity index (χ0) is 22.2. The lowest BCUT2D eigenvalue weighted by molar-refractivity contribution is 0.102. The van der Waals surface area contributed by atoms with E-state index in [1.807, 2.05) is 38.1 Å².